The fourth-order valence-electron chi connectivity index (χ4n) is 3.63. The highest BCUT2D eigenvalue weighted by Crippen LogP contribution is 2.35. The number of halogens is 1. The number of rotatable bonds is 4. The molecular weight excluding hydrogens is 383 g/mol. The third kappa shape index (κ3) is 3.68. The van der Waals surface area contributed by atoms with E-state index in [9.17, 15) is 14.5 Å². The lowest BCUT2D eigenvalue weighted by Crippen LogP contribution is -2.47. The van der Waals surface area contributed by atoms with Crippen LogP contribution < -0.4 is 14.7 Å². The van der Waals surface area contributed by atoms with Crippen molar-refractivity contribution in [2.45, 2.75) is 0 Å². The highest BCUT2D eigenvalue weighted by molar-refractivity contribution is 7.99. The van der Waals surface area contributed by atoms with Gasteiger partial charge in [-0.25, -0.2) is 14.4 Å². The van der Waals surface area contributed by atoms with Gasteiger partial charge >= 0.3 is 5.69 Å². The highest BCUT2D eigenvalue weighted by Gasteiger charge is 2.32. The minimum atomic E-state index is -0.379. The van der Waals surface area contributed by atoms with Crippen molar-refractivity contribution in [3.05, 3.63) is 46.5 Å². The normalized spacial score (nSPS) is 17.7. The van der Waals surface area contributed by atoms with Gasteiger partial charge in [-0.1, -0.05) is 12.1 Å². The summed E-state index contributed by atoms with van der Waals surface area (Å²) in [7, 11) is 0. The second kappa shape index (κ2) is 8.17. The second-order valence-corrected chi connectivity index (χ2v) is 7.88. The van der Waals surface area contributed by atoms with Gasteiger partial charge in [0.2, 0.25) is 11.6 Å². The Hall–Kier alpha value is -2.62. The molecule has 2 aliphatic rings. The summed E-state index contributed by atoms with van der Waals surface area (Å²) in [4.78, 5) is 25.8. The minimum absolute atomic E-state index is 0.0336. The van der Waals surface area contributed by atoms with Gasteiger partial charge in [0.1, 0.15) is 12.1 Å². The monoisotopic (exact) mass is 404 g/mol. The first-order valence-electron chi connectivity index (χ1n) is 9.21. The lowest BCUT2D eigenvalue weighted by molar-refractivity contribution is -0.383. The number of piperazine rings is 1. The van der Waals surface area contributed by atoms with Crippen molar-refractivity contribution in [3.63, 3.8) is 0 Å². The first-order valence-corrected chi connectivity index (χ1v) is 10.4. The zero-order chi connectivity index (χ0) is 19.5. The first-order chi connectivity index (χ1) is 13.6. The van der Waals surface area contributed by atoms with Crippen molar-refractivity contribution in [1.29, 1.82) is 0 Å². The van der Waals surface area contributed by atoms with Crippen molar-refractivity contribution in [2.75, 3.05) is 65.5 Å². The predicted octanol–water partition coefficient (Wildman–Crippen LogP) is 2.40. The Morgan fingerprint density at radius 2 is 1.50 bits per heavy atom. The van der Waals surface area contributed by atoms with Crippen LogP contribution in [0, 0.1) is 15.9 Å². The molecule has 4 rings (SSSR count). The number of hydrogen-bond donors (Lipinski definition) is 0. The molecule has 148 valence electrons. The maximum atomic E-state index is 14.1. The number of hydrogen-bond acceptors (Lipinski definition) is 8. The van der Waals surface area contributed by atoms with Gasteiger partial charge in [-0.05, 0) is 12.1 Å². The van der Waals surface area contributed by atoms with Crippen LogP contribution in [0.5, 0.6) is 0 Å². The molecule has 1 aromatic carbocycles. The fraction of sp³-hybridized carbons (Fsp3) is 0.444. The molecular formula is C18H21FN6O2S. The molecule has 2 aliphatic heterocycles. The van der Waals surface area contributed by atoms with E-state index in [0.29, 0.717) is 43.5 Å². The van der Waals surface area contributed by atoms with Crippen LogP contribution in [0.2, 0.25) is 0 Å². The highest BCUT2D eigenvalue weighted by atomic mass is 32.2. The van der Waals surface area contributed by atoms with Gasteiger partial charge in [0.05, 0.1) is 10.6 Å². The average molecular weight is 404 g/mol. The van der Waals surface area contributed by atoms with Crippen molar-refractivity contribution in [2.24, 2.45) is 0 Å². The van der Waals surface area contributed by atoms with E-state index < -0.39 is 0 Å². The Morgan fingerprint density at radius 1 is 0.929 bits per heavy atom. The van der Waals surface area contributed by atoms with Crippen LogP contribution in [-0.2, 0) is 0 Å². The maximum Gasteiger partial charge on any atom is 0.353 e. The van der Waals surface area contributed by atoms with Gasteiger partial charge in [-0.2, -0.15) is 11.8 Å². The zero-order valence-corrected chi connectivity index (χ0v) is 16.1. The minimum Gasteiger partial charge on any atom is -0.366 e. The molecule has 0 amide bonds. The summed E-state index contributed by atoms with van der Waals surface area (Å²) < 4.78 is 14.1. The number of benzene rings is 1. The van der Waals surface area contributed by atoms with E-state index in [2.05, 4.69) is 9.97 Å². The molecule has 10 heteroatoms. The summed E-state index contributed by atoms with van der Waals surface area (Å²) in [6.07, 6.45) is 1.41. The van der Waals surface area contributed by atoms with Crippen LogP contribution in [0.15, 0.2) is 30.6 Å². The van der Waals surface area contributed by atoms with Crippen LogP contribution in [0.4, 0.5) is 27.4 Å². The number of nitro groups is 1. The molecule has 1 aromatic heterocycles. The molecule has 8 nitrogen and oxygen atoms in total. The van der Waals surface area contributed by atoms with Crippen molar-refractivity contribution in [1.82, 2.24) is 9.97 Å². The molecule has 0 atom stereocenters. The number of thioether (sulfide) groups is 1. The van der Waals surface area contributed by atoms with Crippen molar-refractivity contribution >= 4 is 34.8 Å². The average Bonchev–Trinajstić information content (AvgIpc) is 2.74. The largest absolute Gasteiger partial charge is 0.366 e. The maximum absolute atomic E-state index is 14.1. The summed E-state index contributed by atoms with van der Waals surface area (Å²) >= 11 is 1.84. The Kier molecular flexibility index (Phi) is 5.47. The molecule has 28 heavy (non-hydrogen) atoms. The number of para-hydroxylation sites is 1. The summed E-state index contributed by atoms with van der Waals surface area (Å²) in [6.45, 7) is 3.67. The zero-order valence-electron chi connectivity index (χ0n) is 15.3. The lowest BCUT2D eigenvalue weighted by Gasteiger charge is -2.37. The number of anilines is 3. The van der Waals surface area contributed by atoms with Gasteiger partial charge in [0.25, 0.3) is 0 Å². The number of nitrogens with zero attached hydrogens (tertiary/aromatic N) is 6. The first kappa shape index (κ1) is 18.7. The van der Waals surface area contributed by atoms with E-state index in [-0.39, 0.29) is 16.4 Å². The lowest BCUT2D eigenvalue weighted by atomic mass is 10.2. The van der Waals surface area contributed by atoms with E-state index in [0.717, 1.165) is 24.6 Å². The third-order valence-electron chi connectivity index (χ3n) is 5.05. The summed E-state index contributed by atoms with van der Waals surface area (Å²) in [6, 6.07) is 6.67. The van der Waals surface area contributed by atoms with E-state index in [1.165, 1.54) is 12.4 Å². The molecule has 0 unspecified atom stereocenters. The van der Waals surface area contributed by atoms with E-state index >= 15 is 0 Å². The van der Waals surface area contributed by atoms with Gasteiger partial charge in [-0.3, -0.25) is 10.1 Å². The van der Waals surface area contributed by atoms with Crippen LogP contribution in [0.25, 0.3) is 0 Å². The third-order valence-corrected chi connectivity index (χ3v) is 5.99. The van der Waals surface area contributed by atoms with Gasteiger partial charge in [0.15, 0.2) is 0 Å². The second-order valence-electron chi connectivity index (χ2n) is 6.65. The molecule has 2 fully saturated rings. The van der Waals surface area contributed by atoms with Crippen LogP contribution >= 0.6 is 11.8 Å². The summed E-state index contributed by atoms with van der Waals surface area (Å²) in [5.41, 5.74) is 0.527. The van der Waals surface area contributed by atoms with Gasteiger partial charge < -0.3 is 14.7 Å². The smallest absolute Gasteiger partial charge is 0.353 e. The quantitative estimate of drug-likeness (QED) is 0.568. The Morgan fingerprint density at radius 3 is 2.11 bits per heavy atom. The molecule has 0 aliphatic carbocycles. The number of aromatic nitrogens is 2. The SMILES string of the molecule is O=[N+]([O-])c1c(N2CCSCC2)ncnc1N1CCN(c2ccccc2F)CC1. The fourth-order valence-corrected chi connectivity index (χ4v) is 4.53. The van der Waals surface area contributed by atoms with Crippen LogP contribution in [0.3, 0.4) is 0 Å². The summed E-state index contributed by atoms with van der Waals surface area (Å²) in [5, 5.41) is 11.9. The van der Waals surface area contributed by atoms with Gasteiger partial charge in [-0.15, -0.1) is 0 Å². The molecule has 0 radical (unpaired) electrons. The van der Waals surface area contributed by atoms with Gasteiger partial charge in [0, 0.05) is 50.8 Å². The molecule has 2 saturated heterocycles. The van der Waals surface area contributed by atoms with Crippen LogP contribution in [0.1, 0.15) is 0 Å². The molecule has 2 aromatic rings. The summed E-state index contributed by atoms with van der Waals surface area (Å²) in [5.74, 6) is 2.35. The Balaban J connectivity index is 1.56. The van der Waals surface area contributed by atoms with E-state index in [4.69, 9.17) is 0 Å². The molecule has 0 bridgehead atoms. The van der Waals surface area contributed by atoms with Crippen LogP contribution in [-0.4, -0.2) is 65.7 Å². The Labute approximate surface area is 166 Å². The van der Waals surface area contributed by atoms with Crippen molar-refractivity contribution in [3.8, 4) is 0 Å². The van der Waals surface area contributed by atoms with Crippen molar-refractivity contribution < 1.29 is 9.31 Å². The standard InChI is InChI=1S/C18H21FN6O2S/c19-14-3-1-2-4-15(14)22-5-7-23(8-6-22)17-16(25(26)27)18(21-13-20-17)24-9-11-28-12-10-24/h1-4,13H,5-12H2. The molecule has 0 spiro atoms. The topological polar surface area (TPSA) is 78.6 Å². The Bertz CT molecular complexity index is 856. The molecule has 0 saturated carbocycles. The van der Waals surface area contributed by atoms with E-state index in [1.807, 2.05) is 32.5 Å². The predicted molar refractivity (Wildman–Crippen MR) is 109 cm³/mol. The molecule has 0 N–H and O–H groups in total. The van der Waals surface area contributed by atoms with E-state index in [1.54, 1.807) is 12.1 Å². The molecule has 3 heterocycles.